The van der Waals surface area contributed by atoms with E-state index in [2.05, 4.69) is 4.98 Å². The van der Waals surface area contributed by atoms with Crippen molar-refractivity contribution in [1.82, 2.24) is 4.98 Å². The zero-order valence-corrected chi connectivity index (χ0v) is 10.2. The molecule has 0 saturated heterocycles. The topological polar surface area (TPSA) is 43.1 Å². The molecule has 1 heterocycles. The molecule has 0 fully saturated rings. The molecule has 0 aliphatic heterocycles. The van der Waals surface area contributed by atoms with Crippen molar-refractivity contribution < 1.29 is 13.6 Å². The number of hydrogen-bond donors (Lipinski definition) is 0. The third-order valence-electron chi connectivity index (χ3n) is 2.13. The van der Waals surface area contributed by atoms with Gasteiger partial charge < -0.3 is 4.42 Å². The molecule has 0 unspecified atom stereocenters. The van der Waals surface area contributed by atoms with E-state index in [1.807, 2.05) is 0 Å². The van der Waals surface area contributed by atoms with Crippen molar-refractivity contribution in [2.24, 2.45) is 0 Å². The Morgan fingerprint density at radius 3 is 2.82 bits per heavy atom. The molecule has 2 rings (SSSR count). The molecule has 88 valence electrons. The summed E-state index contributed by atoms with van der Waals surface area (Å²) in [4.78, 5) is 15.7. The van der Waals surface area contributed by atoms with Gasteiger partial charge in [-0.15, -0.1) is 0 Å². The van der Waals surface area contributed by atoms with Gasteiger partial charge in [-0.1, -0.05) is 12.1 Å². The van der Waals surface area contributed by atoms with E-state index in [1.54, 1.807) is 13.0 Å². The fraction of sp³-hybridized carbons (Fsp3) is 0.167. The standard InChI is InChI=1S/C12H10FNO2S/c1-7-6-16-12(14-7)17-11-9(8(2)15)4-3-5-10(11)13/h3-6H,1-2H3. The SMILES string of the molecule is CC(=O)c1cccc(F)c1Sc1nc(C)co1. The number of carbonyl (C=O) groups is 1. The van der Waals surface area contributed by atoms with Crippen LogP contribution in [0, 0.1) is 12.7 Å². The van der Waals surface area contributed by atoms with E-state index in [0.717, 1.165) is 11.8 Å². The van der Waals surface area contributed by atoms with Crippen molar-refractivity contribution in [1.29, 1.82) is 0 Å². The fourth-order valence-corrected chi connectivity index (χ4v) is 2.30. The molecule has 5 heteroatoms. The van der Waals surface area contributed by atoms with Crippen LogP contribution in [-0.4, -0.2) is 10.8 Å². The number of oxazole rings is 1. The Bertz CT molecular complexity index is 565. The Balaban J connectivity index is 2.40. The maximum atomic E-state index is 13.7. The van der Waals surface area contributed by atoms with Crippen LogP contribution in [0.15, 0.2) is 39.0 Å². The first-order valence-corrected chi connectivity index (χ1v) is 5.79. The first-order valence-electron chi connectivity index (χ1n) is 4.97. The molecule has 1 aromatic carbocycles. The number of hydrogen-bond acceptors (Lipinski definition) is 4. The van der Waals surface area contributed by atoms with Gasteiger partial charge in [-0.05, 0) is 31.7 Å². The Labute approximate surface area is 102 Å². The van der Waals surface area contributed by atoms with Gasteiger partial charge in [0.15, 0.2) is 5.78 Å². The van der Waals surface area contributed by atoms with Crippen molar-refractivity contribution in [2.75, 3.05) is 0 Å². The predicted octanol–water partition coefficient (Wildman–Crippen LogP) is 3.48. The van der Waals surface area contributed by atoms with Crippen LogP contribution in [0.3, 0.4) is 0 Å². The zero-order chi connectivity index (χ0) is 12.4. The van der Waals surface area contributed by atoms with Crippen LogP contribution in [-0.2, 0) is 0 Å². The summed E-state index contributed by atoms with van der Waals surface area (Å²) in [5, 5.41) is 0.329. The molecule has 17 heavy (non-hydrogen) atoms. The average molecular weight is 251 g/mol. The molecule has 0 saturated carbocycles. The van der Waals surface area contributed by atoms with Gasteiger partial charge in [0.05, 0.1) is 10.6 Å². The number of carbonyl (C=O) groups excluding carboxylic acids is 1. The number of Topliss-reactive ketones (excluding diaryl/α,β-unsaturated/α-hetero) is 1. The zero-order valence-electron chi connectivity index (χ0n) is 9.36. The van der Waals surface area contributed by atoms with Gasteiger partial charge in [-0.2, -0.15) is 0 Å². The third kappa shape index (κ3) is 2.55. The van der Waals surface area contributed by atoms with Crippen LogP contribution in [0.1, 0.15) is 23.0 Å². The number of rotatable bonds is 3. The van der Waals surface area contributed by atoms with Gasteiger partial charge in [0, 0.05) is 5.56 Å². The highest BCUT2D eigenvalue weighted by Crippen LogP contribution is 2.32. The molecule has 1 aromatic heterocycles. The summed E-state index contributed by atoms with van der Waals surface area (Å²) in [6.07, 6.45) is 1.48. The van der Waals surface area contributed by atoms with Crippen LogP contribution in [0.4, 0.5) is 4.39 Å². The van der Waals surface area contributed by atoms with E-state index in [4.69, 9.17) is 4.42 Å². The van der Waals surface area contributed by atoms with Crippen LogP contribution in [0.25, 0.3) is 0 Å². The Hall–Kier alpha value is -1.62. The maximum absolute atomic E-state index is 13.7. The summed E-state index contributed by atoms with van der Waals surface area (Å²) in [6.45, 7) is 3.18. The lowest BCUT2D eigenvalue weighted by Crippen LogP contribution is -1.97. The monoisotopic (exact) mass is 251 g/mol. The van der Waals surface area contributed by atoms with Crippen molar-refractivity contribution in [3.05, 3.63) is 41.5 Å². The number of halogens is 1. The summed E-state index contributed by atoms with van der Waals surface area (Å²) in [5.74, 6) is -0.631. The molecule has 0 aliphatic rings. The Morgan fingerprint density at radius 2 is 2.24 bits per heavy atom. The summed E-state index contributed by atoms with van der Waals surface area (Å²) >= 11 is 1.02. The lowest BCUT2D eigenvalue weighted by molar-refractivity contribution is 0.101. The first-order chi connectivity index (χ1) is 8.08. The highest BCUT2D eigenvalue weighted by atomic mass is 32.2. The molecular formula is C12H10FNO2S. The van der Waals surface area contributed by atoms with Gasteiger partial charge >= 0.3 is 0 Å². The normalized spacial score (nSPS) is 10.5. The Kier molecular flexibility index (Phi) is 3.28. The van der Waals surface area contributed by atoms with Gasteiger partial charge in [0.2, 0.25) is 0 Å². The fourth-order valence-electron chi connectivity index (χ4n) is 1.36. The molecule has 0 bridgehead atoms. The molecule has 0 atom stereocenters. The number of benzene rings is 1. The lowest BCUT2D eigenvalue weighted by Gasteiger charge is -2.04. The quantitative estimate of drug-likeness (QED) is 0.783. The lowest BCUT2D eigenvalue weighted by atomic mass is 10.1. The van der Waals surface area contributed by atoms with Crippen molar-refractivity contribution in [3.8, 4) is 0 Å². The molecule has 0 N–H and O–H groups in total. The highest BCUT2D eigenvalue weighted by molar-refractivity contribution is 7.99. The van der Waals surface area contributed by atoms with E-state index in [-0.39, 0.29) is 10.7 Å². The molecule has 0 radical (unpaired) electrons. The minimum absolute atomic E-state index is 0.185. The van der Waals surface area contributed by atoms with Crippen molar-refractivity contribution >= 4 is 17.5 Å². The minimum atomic E-state index is -0.446. The largest absolute Gasteiger partial charge is 0.439 e. The summed E-state index contributed by atoms with van der Waals surface area (Å²) in [7, 11) is 0. The number of ketones is 1. The second-order valence-corrected chi connectivity index (χ2v) is 4.49. The summed E-state index contributed by atoms with van der Waals surface area (Å²) in [5.41, 5.74) is 1.05. The first kappa shape index (κ1) is 11.9. The van der Waals surface area contributed by atoms with Crippen molar-refractivity contribution in [2.45, 2.75) is 24.0 Å². The smallest absolute Gasteiger partial charge is 0.260 e. The molecule has 0 amide bonds. The molecule has 2 aromatic rings. The van der Waals surface area contributed by atoms with Gasteiger partial charge in [-0.3, -0.25) is 4.79 Å². The summed E-state index contributed by atoms with van der Waals surface area (Å²) in [6, 6.07) is 4.41. The third-order valence-corrected chi connectivity index (χ3v) is 3.11. The number of aryl methyl sites for hydroxylation is 1. The predicted molar refractivity (Wildman–Crippen MR) is 61.8 cm³/mol. The van der Waals surface area contributed by atoms with E-state index in [9.17, 15) is 9.18 Å². The summed E-state index contributed by atoms with van der Waals surface area (Å²) < 4.78 is 18.8. The molecule has 3 nitrogen and oxygen atoms in total. The van der Waals surface area contributed by atoms with Crippen LogP contribution in [0.2, 0.25) is 0 Å². The van der Waals surface area contributed by atoms with Crippen LogP contribution in [0.5, 0.6) is 0 Å². The Morgan fingerprint density at radius 1 is 1.47 bits per heavy atom. The second-order valence-electron chi connectivity index (χ2n) is 3.53. The molecule has 0 spiro atoms. The molecular weight excluding hydrogens is 241 g/mol. The van der Waals surface area contributed by atoms with Crippen molar-refractivity contribution in [3.63, 3.8) is 0 Å². The number of nitrogens with zero attached hydrogens (tertiary/aromatic N) is 1. The van der Waals surface area contributed by atoms with E-state index < -0.39 is 5.82 Å². The highest BCUT2D eigenvalue weighted by Gasteiger charge is 2.15. The molecule has 0 aliphatic carbocycles. The number of aromatic nitrogens is 1. The van der Waals surface area contributed by atoms with Gasteiger partial charge in [0.1, 0.15) is 12.1 Å². The minimum Gasteiger partial charge on any atom is -0.439 e. The second kappa shape index (κ2) is 4.71. The van der Waals surface area contributed by atoms with E-state index >= 15 is 0 Å². The van der Waals surface area contributed by atoms with E-state index in [1.165, 1.54) is 25.3 Å². The van der Waals surface area contributed by atoms with Gasteiger partial charge in [-0.25, -0.2) is 9.37 Å². The van der Waals surface area contributed by atoms with Crippen LogP contribution >= 0.6 is 11.8 Å². The average Bonchev–Trinajstić information content (AvgIpc) is 2.67. The maximum Gasteiger partial charge on any atom is 0.260 e. The van der Waals surface area contributed by atoms with Crippen LogP contribution < -0.4 is 0 Å². The van der Waals surface area contributed by atoms with Gasteiger partial charge in [0.25, 0.3) is 5.22 Å². The van der Waals surface area contributed by atoms with E-state index in [0.29, 0.717) is 16.5 Å².